The highest BCUT2D eigenvalue weighted by molar-refractivity contribution is 5.18. The molecule has 2 heteroatoms. The predicted octanol–water partition coefficient (Wildman–Crippen LogP) is 5.75. The van der Waals surface area contributed by atoms with Gasteiger partial charge in [0.25, 0.3) is 0 Å². The van der Waals surface area contributed by atoms with Gasteiger partial charge in [0.2, 0.25) is 0 Å². The van der Waals surface area contributed by atoms with E-state index >= 15 is 0 Å². The Morgan fingerprint density at radius 2 is 1.67 bits per heavy atom. The van der Waals surface area contributed by atoms with Crippen LogP contribution < -0.4 is 11.1 Å². The molecule has 0 aromatic heterocycles. The van der Waals surface area contributed by atoms with Crippen molar-refractivity contribution in [2.45, 2.75) is 110 Å². The summed E-state index contributed by atoms with van der Waals surface area (Å²) in [6.07, 6.45) is 14.0. The Labute approximate surface area is 168 Å². The molecule has 0 saturated heterocycles. The Bertz CT molecular complexity index is 571. The summed E-state index contributed by atoms with van der Waals surface area (Å²) in [5.74, 6) is 3.62. The lowest BCUT2D eigenvalue weighted by atomic mass is 9.41. The van der Waals surface area contributed by atoms with E-state index in [2.05, 4.69) is 47.0 Å². The predicted molar refractivity (Wildman–Crippen MR) is 116 cm³/mol. The summed E-state index contributed by atoms with van der Waals surface area (Å²) in [7, 11) is 2.19. The zero-order valence-electron chi connectivity index (χ0n) is 19.0. The molecule has 0 amide bonds. The number of hydrogen-bond acceptors (Lipinski definition) is 2. The van der Waals surface area contributed by atoms with Gasteiger partial charge in [-0.15, -0.1) is 0 Å². The van der Waals surface area contributed by atoms with Gasteiger partial charge >= 0.3 is 0 Å². The summed E-state index contributed by atoms with van der Waals surface area (Å²) in [4.78, 5) is 0. The molecular formula is C25H46N2. The van der Waals surface area contributed by atoms with E-state index in [1.165, 1.54) is 64.2 Å². The Morgan fingerprint density at radius 3 is 2.33 bits per heavy atom. The summed E-state index contributed by atoms with van der Waals surface area (Å²) < 4.78 is 0. The molecule has 2 nitrogen and oxygen atoms in total. The van der Waals surface area contributed by atoms with Gasteiger partial charge < -0.3 is 11.1 Å². The molecule has 0 bridgehead atoms. The van der Waals surface area contributed by atoms with Crippen molar-refractivity contribution in [1.29, 1.82) is 0 Å². The molecule has 0 aromatic rings. The SMILES string of the molecule is CC[C@]1(C(C)(C)NC)CC[C@H]2[C@@H]3CC[C@@H]4CCCC(N)[C@]4(C)[C@H]3CC[C@]21C. The summed E-state index contributed by atoms with van der Waals surface area (Å²) >= 11 is 0. The molecule has 3 N–H and O–H groups in total. The number of nitrogens with two attached hydrogens (primary N) is 1. The quantitative estimate of drug-likeness (QED) is 0.660. The van der Waals surface area contributed by atoms with Gasteiger partial charge in [-0.05, 0) is 119 Å². The molecule has 4 aliphatic rings. The maximum absolute atomic E-state index is 6.86. The second kappa shape index (κ2) is 6.46. The third-order valence-electron chi connectivity index (χ3n) is 11.6. The van der Waals surface area contributed by atoms with Crippen molar-refractivity contribution in [2.24, 2.45) is 45.7 Å². The zero-order valence-corrected chi connectivity index (χ0v) is 19.0. The molecule has 1 unspecified atom stereocenters. The number of nitrogens with one attached hydrogen (secondary N) is 1. The van der Waals surface area contributed by atoms with Crippen LogP contribution in [0.5, 0.6) is 0 Å². The number of hydrogen-bond donors (Lipinski definition) is 2. The minimum atomic E-state index is 0.209. The van der Waals surface area contributed by atoms with Crippen LogP contribution in [0.4, 0.5) is 0 Å². The van der Waals surface area contributed by atoms with E-state index < -0.39 is 0 Å². The van der Waals surface area contributed by atoms with E-state index in [4.69, 9.17) is 5.73 Å². The fourth-order valence-electron chi connectivity index (χ4n) is 9.82. The molecule has 4 saturated carbocycles. The summed E-state index contributed by atoms with van der Waals surface area (Å²) in [5, 5.41) is 3.75. The Morgan fingerprint density at radius 1 is 0.963 bits per heavy atom. The smallest absolute Gasteiger partial charge is 0.0183 e. The van der Waals surface area contributed by atoms with Gasteiger partial charge in [-0.25, -0.2) is 0 Å². The minimum Gasteiger partial charge on any atom is -0.327 e. The molecule has 0 heterocycles. The van der Waals surface area contributed by atoms with Crippen LogP contribution in [-0.4, -0.2) is 18.6 Å². The van der Waals surface area contributed by atoms with Crippen LogP contribution in [0.2, 0.25) is 0 Å². The molecule has 8 atom stereocenters. The monoisotopic (exact) mass is 374 g/mol. The van der Waals surface area contributed by atoms with Crippen molar-refractivity contribution >= 4 is 0 Å². The molecule has 0 spiro atoms. The topological polar surface area (TPSA) is 38.0 Å². The van der Waals surface area contributed by atoms with Crippen LogP contribution in [0.3, 0.4) is 0 Å². The van der Waals surface area contributed by atoms with Gasteiger partial charge in [0, 0.05) is 11.6 Å². The Kier molecular flexibility index (Phi) is 4.83. The average Bonchev–Trinajstić information content (AvgIpc) is 2.96. The molecule has 156 valence electrons. The van der Waals surface area contributed by atoms with E-state index in [0.717, 1.165) is 23.7 Å². The summed E-state index contributed by atoms with van der Waals surface area (Å²) in [6, 6.07) is 0.444. The molecule has 0 aromatic carbocycles. The van der Waals surface area contributed by atoms with Crippen LogP contribution in [0.1, 0.15) is 98.8 Å². The lowest BCUT2D eigenvalue weighted by molar-refractivity contribution is -0.145. The van der Waals surface area contributed by atoms with E-state index in [1.807, 2.05) is 0 Å². The van der Waals surface area contributed by atoms with Gasteiger partial charge in [-0.1, -0.05) is 27.2 Å². The van der Waals surface area contributed by atoms with E-state index in [0.29, 0.717) is 22.3 Å². The molecule has 4 rings (SSSR count). The van der Waals surface area contributed by atoms with Crippen molar-refractivity contribution in [3.63, 3.8) is 0 Å². The maximum Gasteiger partial charge on any atom is 0.0183 e. The van der Waals surface area contributed by atoms with Gasteiger partial charge in [-0.3, -0.25) is 0 Å². The number of rotatable bonds is 3. The highest BCUT2D eigenvalue weighted by Crippen LogP contribution is 2.73. The molecule has 4 fully saturated rings. The molecule has 27 heavy (non-hydrogen) atoms. The van der Waals surface area contributed by atoms with Crippen molar-refractivity contribution < 1.29 is 0 Å². The van der Waals surface area contributed by atoms with Crippen molar-refractivity contribution in [2.75, 3.05) is 7.05 Å². The van der Waals surface area contributed by atoms with Gasteiger partial charge in [0.15, 0.2) is 0 Å². The fraction of sp³-hybridized carbons (Fsp3) is 1.00. The first kappa shape index (κ1) is 20.2. The Balaban J connectivity index is 1.70. The first-order valence-corrected chi connectivity index (χ1v) is 12.1. The molecule has 0 aliphatic heterocycles. The van der Waals surface area contributed by atoms with Crippen LogP contribution in [0.15, 0.2) is 0 Å². The lowest BCUT2D eigenvalue weighted by Crippen LogP contribution is -2.63. The third-order valence-corrected chi connectivity index (χ3v) is 11.6. The summed E-state index contributed by atoms with van der Waals surface area (Å²) in [5.41, 5.74) is 8.40. The van der Waals surface area contributed by atoms with Crippen LogP contribution >= 0.6 is 0 Å². The molecular weight excluding hydrogens is 328 g/mol. The van der Waals surface area contributed by atoms with Gasteiger partial charge in [0.05, 0.1) is 0 Å². The second-order valence-electron chi connectivity index (χ2n) is 11.9. The van der Waals surface area contributed by atoms with Gasteiger partial charge in [-0.2, -0.15) is 0 Å². The average molecular weight is 375 g/mol. The molecule has 4 aliphatic carbocycles. The van der Waals surface area contributed by atoms with Gasteiger partial charge in [0.1, 0.15) is 0 Å². The highest BCUT2D eigenvalue weighted by atomic mass is 15.0. The minimum absolute atomic E-state index is 0.209. The maximum atomic E-state index is 6.86. The normalized spacial score (nSPS) is 52.8. The standard InChI is InChI=1S/C25H46N2/c1-7-25(22(2,3)27-6)16-14-19-18-12-11-17-9-8-10-21(26)24(17,5)20(18)13-15-23(19,25)4/h17-21,27H,7-16,26H2,1-6H3/t17-,18-,19-,20-,21?,23+,24-,25+/m0/s1. The van der Waals surface area contributed by atoms with E-state index in [-0.39, 0.29) is 5.54 Å². The van der Waals surface area contributed by atoms with Crippen LogP contribution in [0, 0.1) is 39.9 Å². The third kappa shape index (κ3) is 2.38. The highest BCUT2D eigenvalue weighted by Gasteiger charge is 2.67. The zero-order chi connectivity index (χ0) is 19.7. The van der Waals surface area contributed by atoms with E-state index in [9.17, 15) is 0 Å². The van der Waals surface area contributed by atoms with Crippen molar-refractivity contribution in [1.82, 2.24) is 5.32 Å². The number of fused-ring (bicyclic) bond motifs is 5. The van der Waals surface area contributed by atoms with E-state index in [1.54, 1.807) is 0 Å². The first-order valence-electron chi connectivity index (χ1n) is 12.1. The largest absolute Gasteiger partial charge is 0.327 e. The first-order chi connectivity index (χ1) is 12.7. The van der Waals surface area contributed by atoms with Crippen molar-refractivity contribution in [3.05, 3.63) is 0 Å². The Hall–Kier alpha value is -0.0800. The fourth-order valence-corrected chi connectivity index (χ4v) is 9.82. The van der Waals surface area contributed by atoms with Crippen molar-refractivity contribution in [3.8, 4) is 0 Å². The van der Waals surface area contributed by atoms with Crippen LogP contribution in [-0.2, 0) is 0 Å². The lowest BCUT2D eigenvalue weighted by Gasteiger charge is -2.65. The summed E-state index contributed by atoms with van der Waals surface area (Å²) in [6.45, 7) is 12.7. The van der Waals surface area contributed by atoms with Crippen LogP contribution in [0.25, 0.3) is 0 Å². The second-order valence-corrected chi connectivity index (χ2v) is 11.9. The molecule has 0 radical (unpaired) electrons.